The van der Waals surface area contributed by atoms with Gasteiger partial charge >= 0.3 is 0 Å². The minimum atomic E-state index is -0.226. The lowest BCUT2D eigenvalue weighted by molar-refractivity contribution is 0.0940. The van der Waals surface area contributed by atoms with E-state index in [0.29, 0.717) is 5.92 Å². The van der Waals surface area contributed by atoms with Crippen molar-refractivity contribution in [3.05, 3.63) is 11.6 Å². The minimum Gasteiger partial charge on any atom is -0.345 e. The molecule has 4 N–H and O–H groups in total. The van der Waals surface area contributed by atoms with Gasteiger partial charge in [-0.3, -0.25) is 9.89 Å². The molecule has 0 aliphatic heterocycles. The van der Waals surface area contributed by atoms with E-state index >= 15 is 0 Å². The number of nitrogens with zero attached hydrogens (tertiary/aromatic N) is 2. The first-order valence-electron chi connectivity index (χ1n) is 5.23. The van der Waals surface area contributed by atoms with Crippen LogP contribution in [0.5, 0.6) is 0 Å². The number of nitrogens with one attached hydrogen (secondary N) is 2. The number of hydrogen-bond acceptors (Lipinski definition) is 4. The van der Waals surface area contributed by atoms with Crippen LogP contribution in [0.3, 0.4) is 0 Å². The molecule has 1 aromatic rings. The molecule has 2 aliphatic rings. The van der Waals surface area contributed by atoms with Gasteiger partial charge in [0.15, 0.2) is 0 Å². The van der Waals surface area contributed by atoms with Gasteiger partial charge in [-0.2, -0.15) is 0 Å². The standard InChI is InChI=1S/C9H13N5O/c10-5-3-6(5)11-9(15)8-12-7(13-14-8)4-1-2-4/h4-6H,1-3,10H2,(H,11,15)(H,12,13,14). The lowest BCUT2D eigenvalue weighted by atomic mass is 10.4. The molecular formula is C9H13N5O. The molecule has 2 atom stereocenters. The Bertz CT molecular complexity index is 397. The molecule has 15 heavy (non-hydrogen) atoms. The van der Waals surface area contributed by atoms with Crippen LogP contribution in [0.2, 0.25) is 0 Å². The van der Waals surface area contributed by atoms with Crippen LogP contribution >= 0.6 is 0 Å². The maximum absolute atomic E-state index is 11.6. The van der Waals surface area contributed by atoms with Crippen LogP contribution in [0, 0.1) is 0 Å². The van der Waals surface area contributed by atoms with E-state index in [4.69, 9.17) is 5.73 Å². The molecule has 0 saturated heterocycles. The summed E-state index contributed by atoms with van der Waals surface area (Å²) in [5, 5.41) is 9.48. The smallest absolute Gasteiger partial charge is 0.291 e. The van der Waals surface area contributed by atoms with Crippen LogP contribution in [-0.2, 0) is 0 Å². The molecule has 80 valence electrons. The molecule has 2 saturated carbocycles. The molecule has 0 aromatic carbocycles. The Morgan fingerprint density at radius 1 is 1.53 bits per heavy atom. The van der Waals surface area contributed by atoms with Crippen molar-refractivity contribution in [2.45, 2.75) is 37.3 Å². The Balaban J connectivity index is 1.66. The Morgan fingerprint density at radius 2 is 2.27 bits per heavy atom. The quantitative estimate of drug-likeness (QED) is 0.623. The summed E-state index contributed by atoms with van der Waals surface area (Å²) in [5.41, 5.74) is 5.59. The summed E-state index contributed by atoms with van der Waals surface area (Å²) in [4.78, 5) is 15.7. The molecular weight excluding hydrogens is 194 g/mol. The third kappa shape index (κ3) is 1.72. The highest BCUT2D eigenvalue weighted by Gasteiger charge is 2.36. The van der Waals surface area contributed by atoms with E-state index in [9.17, 15) is 4.79 Å². The van der Waals surface area contributed by atoms with Gasteiger partial charge in [0.25, 0.3) is 5.91 Å². The van der Waals surface area contributed by atoms with Crippen LogP contribution in [-0.4, -0.2) is 33.2 Å². The van der Waals surface area contributed by atoms with Gasteiger partial charge in [-0.1, -0.05) is 0 Å². The third-order valence-corrected chi connectivity index (χ3v) is 2.83. The largest absolute Gasteiger partial charge is 0.345 e. The lowest BCUT2D eigenvalue weighted by Gasteiger charge is -1.97. The molecule has 3 rings (SSSR count). The fourth-order valence-corrected chi connectivity index (χ4v) is 1.53. The molecule has 0 radical (unpaired) electrons. The van der Waals surface area contributed by atoms with Crippen molar-refractivity contribution in [1.29, 1.82) is 0 Å². The molecule has 0 spiro atoms. The molecule has 1 heterocycles. The highest BCUT2D eigenvalue weighted by atomic mass is 16.2. The van der Waals surface area contributed by atoms with Gasteiger partial charge in [-0.05, 0) is 19.3 Å². The maximum Gasteiger partial charge on any atom is 0.291 e. The van der Waals surface area contributed by atoms with Crippen molar-refractivity contribution >= 4 is 5.91 Å². The van der Waals surface area contributed by atoms with Gasteiger partial charge < -0.3 is 11.1 Å². The van der Waals surface area contributed by atoms with E-state index in [-0.39, 0.29) is 23.8 Å². The molecule has 6 heteroatoms. The Hall–Kier alpha value is -1.43. The van der Waals surface area contributed by atoms with Crippen molar-refractivity contribution in [2.24, 2.45) is 5.73 Å². The zero-order valence-electron chi connectivity index (χ0n) is 8.23. The van der Waals surface area contributed by atoms with E-state index < -0.39 is 0 Å². The Morgan fingerprint density at radius 3 is 2.87 bits per heavy atom. The third-order valence-electron chi connectivity index (χ3n) is 2.83. The van der Waals surface area contributed by atoms with Crippen LogP contribution in [0.15, 0.2) is 0 Å². The van der Waals surface area contributed by atoms with E-state index in [1.165, 1.54) is 0 Å². The molecule has 6 nitrogen and oxygen atoms in total. The minimum absolute atomic E-state index is 0.107. The first-order valence-corrected chi connectivity index (χ1v) is 5.23. The number of rotatable bonds is 3. The number of carbonyl (C=O) groups excluding carboxylic acids is 1. The summed E-state index contributed by atoms with van der Waals surface area (Å²) >= 11 is 0. The van der Waals surface area contributed by atoms with Gasteiger partial charge in [0, 0.05) is 18.0 Å². The fraction of sp³-hybridized carbons (Fsp3) is 0.667. The summed E-state index contributed by atoms with van der Waals surface area (Å²) in [6.45, 7) is 0. The van der Waals surface area contributed by atoms with Gasteiger partial charge in [0.1, 0.15) is 5.82 Å². The first kappa shape index (κ1) is 8.84. The van der Waals surface area contributed by atoms with Crippen LogP contribution in [0.25, 0.3) is 0 Å². The molecule has 1 amide bonds. The van der Waals surface area contributed by atoms with Gasteiger partial charge in [-0.15, -0.1) is 5.10 Å². The summed E-state index contributed by atoms with van der Waals surface area (Å²) in [7, 11) is 0. The summed E-state index contributed by atoms with van der Waals surface area (Å²) in [5.74, 6) is 1.33. The maximum atomic E-state index is 11.6. The van der Waals surface area contributed by atoms with Crippen molar-refractivity contribution in [2.75, 3.05) is 0 Å². The van der Waals surface area contributed by atoms with Crippen molar-refractivity contribution in [1.82, 2.24) is 20.5 Å². The predicted molar refractivity (Wildman–Crippen MR) is 52.2 cm³/mol. The van der Waals surface area contributed by atoms with Crippen molar-refractivity contribution < 1.29 is 4.79 Å². The van der Waals surface area contributed by atoms with Gasteiger partial charge in [-0.25, -0.2) is 4.98 Å². The summed E-state index contributed by atoms with van der Waals surface area (Å²) in [6.07, 6.45) is 3.14. The number of hydrogen-bond donors (Lipinski definition) is 3. The van der Waals surface area contributed by atoms with Gasteiger partial charge in [0.2, 0.25) is 5.82 Å². The second-order valence-electron chi connectivity index (χ2n) is 4.30. The topological polar surface area (TPSA) is 96.7 Å². The SMILES string of the molecule is NC1CC1NC(=O)c1n[nH]c(C2CC2)n1. The first-order chi connectivity index (χ1) is 7.24. The highest BCUT2D eigenvalue weighted by molar-refractivity contribution is 5.90. The predicted octanol–water partition coefficient (Wildman–Crippen LogP) is -0.489. The number of aromatic amines is 1. The molecule has 0 bridgehead atoms. The van der Waals surface area contributed by atoms with E-state index in [1.54, 1.807) is 0 Å². The van der Waals surface area contributed by atoms with Crippen LogP contribution in [0.1, 0.15) is 41.6 Å². The zero-order chi connectivity index (χ0) is 10.4. The summed E-state index contributed by atoms with van der Waals surface area (Å²) < 4.78 is 0. The van der Waals surface area contributed by atoms with Crippen LogP contribution < -0.4 is 11.1 Å². The molecule has 2 unspecified atom stereocenters. The zero-order valence-corrected chi connectivity index (χ0v) is 8.23. The number of carbonyl (C=O) groups is 1. The van der Waals surface area contributed by atoms with Crippen molar-refractivity contribution in [3.63, 3.8) is 0 Å². The average Bonchev–Trinajstić information content (AvgIpc) is 3.11. The van der Waals surface area contributed by atoms with Gasteiger partial charge in [0.05, 0.1) is 0 Å². The lowest BCUT2D eigenvalue weighted by Crippen LogP contribution is -2.30. The fourth-order valence-electron chi connectivity index (χ4n) is 1.53. The second kappa shape index (κ2) is 3.03. The molecule has 2 aliphatic carbocycles. The number of H-pyrrole nitrogens is 1. The second-order valence-corrected chi connectivity index (χ2v) is 4.30. The monoisotopic (exact) mass is 207 g/mol. The van der Waals surface area contributed by atoms with E-state index in [1.807, 2.05) is 0 Å². The van der Waals surface area contributed by atoms with E-state index in [2.05, 4.69) is 20.5 Å². The average molecular weight is 207 g/mol. The number of amides is 1. The Kier molecular flexibility index (Phi) is 1.79. The van der Waals surface area contributed by atoms with E-state index in [0.717, 1.165) is 25.1 Å². The molecule has 2 fully saturated rings. The normalized spacial score (nSPS) is 28.9. The number of aromatic nitrogens is 3. The highest BCUT2D eigenvalue weighted by Crippen LogP contribution is 2.37. The van der Waals surface area contributed by atoms with Crippen LogP contribution in [0.4, 0.5) is 0 Å². The van der Waals surface area contributed by atoms with Crippen molar-refractivity contribution in [3.8, 4) is 0 Å². The molecule has 1 aromatic heterocycles. The Labute approximate surface area is 86.6 Å². The number of nitrogens with two attached hydrogens (primary N) is 1. The summed E-state index contributed by atoms with van der Waals surface area (Å²) in [6, 6.07) is 0.219.